The molecule has 5 aromatic rings. The number of hydrogen-bond acceptors (Lipinski definition) is 5. The number of phenols is 2. The molecule has 0 aliphatic carbocycles. The molecule has 0 spiro atoms. The molecule has 4 aromatic carbocycles. The topological polar surface area (TPSA) is 89.0 Å². The Balaban J connectivity index is 1.36. The Morgan fingerprint density at radius 1 is 0.711 bits per heavy atom. The monoisotopic (exact) mass is 508 g/mol. The Morgan fingerprint density at radius 3 is 2.03 bits per heavy atom. The molecule has 0 radical (unpaired) electrons. The Kier molecular flexibility index (Phi) is 7.92. The molecule has 5 rings (SSSR count). The summed E-state index contributed by atoms with van der Waals surface area (Å²) in [5, 5.41) is 31.8. The SMILES string of the molecule is Oc1ccc(C(CN(Cc2ccccc2)C[C@H](O)COc2cccc3[nH]ccc23)c2ccc(O)cc2)cc1. The van der Waals surface area contributed by atoms with Gasteiger partial charge in [0.25, 0.3) is 0 Å². The second-order valence-corrected chi connectivity index (χ2v) is 9.58. The zero-order valence-electron chi connectivity index (χ0n) is 21.1. The number of fused-ring (bicyclic) bond motifs is 1. The van der Waals surface area contributed by atoms with Gasteiger partial charge in [0.2, 0.25) is 0 Å². The molecule has 0 saturated heterocycles. The summed E-state index contributed by atoms with van der Waals surface area (Å²) in [6.45, 7) is 1.84. The predicted octanol–water partition coefficient (Wildman–Crippen LogP) is 5.65. The number of aromatic hydroxyl groups is 2. The molecule has 0 aliphatic rings. The number of hydrogen-bond donors (Lipinski definition) is 4. The van der Waals surface area contributed by atoms with Crippen molar-refractivity contribution in [3.8, 4) is 17.2 Å². The summed E-state index contributed by atoms with van der Waals surface area (Å²) in [5.41, 5.74) is 4.22. The number of aliphatic hydroxyl groups is 1. The first kappa shape index (κ1) is 25.4. The maximum Gasteiger partial charge on any atom is 0.128 e. The van der Waals surface area contributed by atoms with Gasteiger partial charge >= 0.3 is 0 Å². The standard InChI is InChI=1S/C32H32N2O4/c35-26-13-9-24(10-14-26)30(25-11-15-27(36)16-12-25)21-34(19-23-5-2-1-3-6-23)20-28(37)22-38-32-8-4-7-31-29(32)17-18-33-31/h1-18,28,30,33,35-37H,19-22H2/t28-/m0/s1. The second-order valence-electron chi connectivity index (χ2n) is 9.58. The van der Waals surface area contributed by atoms with E-state index in [1.54, 1.807) is 24.3 Å². The Morgan fingerprint density at radius 2 is 1.37 bits per heavy atom. The molecule has 1 atom stereocenters. The average Bonchev–Trinajstić information content (AvgIpc) is 3.42. The van der Waals surface area contributed by atoms with E-state index in [9.17, 15) is 15.3 Å². The summed E-state index contributed by atoms with van der Waals surface area (Å²) in [7, 11) is 0. The highest BCUT2D eigenvalue weighted by Crippen LogP contribution is 2.29. The molecule has 6 nitrogen and oxygen atoms in total. The largest absolute Gasteiger partial charge is 0.508 e. The van der Waals surface area contributed by atoms with Crippen molar-refractivity contribution in [1.82, 2.24) is 9.88 Å². The normalized spacial score (nSPS) is 12.3. The van der Waals surface area contributed by atoms with Gasteiger partial charge in [-0.15, -0.1) is 0 Å². The van der Waals surface area contributed by atoms with Crippen LogP contribution in [0.15, 0.2) is 109 Å². The van der Waals surface area contributed by atoms with Crippen LogP contribution in [0.25, 0.3) is 10.9 Å². The number of aliphatic hydroxyl groups excluding tert-OH is 1. The van der Waals surface area contributed by atoms with Gasteiger partial charge in [0, 0.05) is 42.7 Å². The third kappa shape index (κ3) is 6.35. The second kappa shape index (κ2) is 11.9. The summed E-state index contributed by atoms with van der Waals surface area (Å²) in [6.07, 6.45) is 1.16. The maximum absolute atomic E-state index is 11.1. The lowest BCUT2D eigenvalue weighted by molar-refractivity contribution is 0.0649. The Labute approximate surface area is 222 Å². The lowest BCUT2D eigenvalue weighted by Gasteiger charge is -2.30. The number of aromatic amines is 1. The van der Waals surface area contributed by atoms with E-state index < -0.39 is 6.10 Å². The molecule has 4 N–H and O–H groups in total. The molecule has 1 aromatic heterocycles. The van der Waals surface area contributed by atoms with E-state index >= 15 is 0 Å². The number of H-pyrrole nitrogens is 1. The minimum atomic E-state index is -0.715. The first-order chi connectivity index (χ1) is 18.5. The lowest BCUT2D eigenvalue weighted by Crippen LogP contribution is -2.38. The van der Waals surface area contributed by atoms with Gasteiger partial charge in [-0.3, -0.25) is 4.90 Å². The van der Waals surface area contributed by atoms with Crippen LogP contribution >= 0.6 is 0 Å². The van der Waals surface area contributed by atoms with Crippen LogP contribution in [0, 0.1) is 0 Å². The molecule has 0 amide bonds. The quantitative estimate of drug-likeness (QED) is 0.185. The maximum atomic E-state index is 11.1. The molecular weight excluding hydrogens is 476 g/mol. The van der Waals surface area contributed by atoms with Crippen molar-refractivity contribution < 1.29 is 20.1 Å². The zero-order chi connectivity index (χ0) is 26.3. The summed E-state index contributed by atoms with van der Waals surface area (Å²) in [4.78, 5) is 5.41. The molecule has 1 heterocycles. The number of rotatable bonds is 11. The number of nitrogens with zero attached hydrogens (tertiary/aromatic N) is 1. The van der Waals surface area contributed by atoms with Gasteiger partial charge in [0.15, 0.2) is 0 Å². The molecule has 0 saturated carbocycles. The van der Waals surface area contributed by atoms with E-state index in [2.05, 4.69) is 22.0 Å². The molecule has 0 unspecified atom stereocenters. The van der Waals surface area contributed by atoms with Gasteiger partial charge in [0.1, 0.15) is 30.0 Å². The van der Waals surface area contributed by atoms with Crippen LogP contribution in [-0.2, 0) is 6.54 Å². The Hall–Kier alpha value is -4.26. The smallest absolute Gasteiger partial charge is 0.128 e. The molecule has 6 heteroatoms. The van der Waals surface area contributed by atoms with Crippen LogP contribution in [0.3, 0.4) is 0 Å². The minimum absolute atomic E-state index is 0.0402. The van der Waals surface area contributed by atoms with Crippen LogP contribution in [0.2, 0.25) is 0 Å². The predicted molar refractivity (Wildman–Crippen MR) is 150 cm³/mol. The molecule has 194 valence electrons. The first-order valence-electron chi connectivity index (χ1n) is 12.8. The van der Waals surface area contributed by atoms with Gasteiger partial charge in [-0.2, -0.15) is 0 Å². The van der Waals surface area contributed by atoms with E-state index in [0.29, 0.717) is 19.6 Å². The van der Waals surface area contributed by atoms with E-state index in [0.717, 1.165) is 33.3 Å². The number of aromatic nitrogens is 1. The molecule has 0 fully saturated rings. The first-order valence-corrected chi connectivity index (χ1v) is 12.8. The highest BCUT2D eigenvalue weighted by atomic mass is 16.5. The number of nitrogens with one attached hydrogen (secondary N) is 1. The highest BCUT2D eigenvalue weighted by Gasteiger charge is 2.22. The number of benzene rings is 4. The summed E-state index contributed by atoms with van der Waals surface area (Å²) in [6, 6.07) is 32.4. The number of ether oxygens (including phenoxy) is 1. The highest BCUT2D eigenvalue weighted by molar-refractivity contribution is 5.85. The summed E-state index contributed by atoms with van der Waals surface area (Å²) < 4.78 is 6.04. The van der Waals surface area contributed by atoms with Crippen molar-refractivity contribution in [2.24, 2.45) is 0 Å². The molecular formula is C32H32N2O4. The van der Waals surface area contributed by atoms with E-state index in [4.69, 9.17) is 4.74 Å². The average molecular weight is 509 g/mol. The van der Waals surface area contributed by atoms with Crippen LogP contribution in [-0.4, -0.2) is 51.0 Å². The van der Waals surface area contributed by atoms with Crippen LogP contribution < -0.4 is 4.74 Å². The number of phenolic OH excluding ortho intramolecular Hbond substituents is 2. The fourth-order valence-electron chi connectivity index (χ4n) is 4.84. The summed E-state index contributed by atoms with van der Waals surface area (Å²) >= 11 is 0. The third-order valence-corrected chi connectivity index (χ3v) is 6.74. The molecule has 0 bridgehead atoms. The van der Waals surface area contributed by atoms with Gasteiger partial charge in [0.05, 0.1) is 0 Å². The van der Waals surface area contributed by atoms with Crippen molar-refractivity contribution in [2.45, 2.75) is 18.6 Å². The van der Waals surface area contributed by atoms with E-state index in [1.165, 1.54) is 0 Å². The van der Waals surface area contributed by atoms with Crippen LogP contribution in [0.4, 0.5) is 0 Å². The van der Waals surface area contributed by atoms with Crippen molar-refractivity contribution >= 4 is 10.9 Å². The minimum Gasteiger partial charge on any atom is -0.508 e. The molecule has 38 heavy (non-hydrogen) atoms. The fraction of sp³-hybridized carbons (Fsp3) is 0.188. The fourth-order valence-corrected chi connectivity index (χ4v) is 4.84. The van der Waals surface area contributed by atoms with Crippen molar-refractivity contribution in [3.63, 3.8) is 0 Å². The van der Waals surface area contributed by atoms with Gasteiger partial charge in [-0.1, -0.05) is 60.7 Å². The van der Waals surface area contributed by atoms with Gasteiger partial charge in [-0.25, -0.2) is 0 Å². The van der Waals surface area contributed by atoms with Crippen molar-refractivity contribution in [2.75, 3.05) is 19.7 Å². The summed E-state index contributed by atoms with van der Waals surface area (Å²) in [5.74, 6) is 1.12. The zero-order valence-corrected chi connectivity index (χ0v) is 21.1. The van der Waals surface area contributed by atoms with Gasteiger partial charge < -0.3 is 25.0 Å². The van der Waals surface area contributed by atoms with Crippen molar-refractivity contribution in [1.29, 1.82) is 0 Å². The van der Waals surface area contributed by atoms with Crippen LogP contribution in [0.1, 0.15) is 22.6 Å². The third-order valence-electron chi connectivity index (χ3n) is 6.74. The van der Waals surface area contributed by atoms with Crippen LogP contribution in [0.5, 0.6) is 17.2 Å². The molecule has 0 aliphatic heterocycles. The van der Waals surface area contributed by atoms with E-state index in [1.807, 2.05) is 72.9 Å². The van der Waals surface area contributed by atoms with Crippen molar-refractivity contribution in [3.05, 3.63) is 126 Å². The lowest BCUT2D eigenvalue weighted by atomic mass is 9.90. The Bertz CT molecular complexity index is 1390. The van der Waals surface area contributed by atoms with E-state index in [-0.39, 0.29) is 24.0 Å². The van der Waals surface area contributed by atoms with Gasteiger partial charge in [-0.05, 0) is 59.2 Å².